The number of benzene rings is 2. The van der Waals surface area contributed by atoms with E-state index in [4.69, 9.17) is 4.74 Å². The van der Waals surface area contributed by atoms with Crippen LogP contribution < -0.4 is 4.74 Å². The molecule has 1 unspecified atom stereocenters. The number of ether oxygens (including phenoxy) is 1. The highest BCUT2D eigenvalue weighted by Gasteiger charge is 2.30. The van der Waals surface area contributed by atoms with Crippen molar-refractivity contribution < 1.29 is 9.84 Å². The molecule has 3 aromatic rings. The van der Waals surface area contributed by atoms with Crippen LogP contribution in [0.2, 0.25) is 0 Å². The number of hydrogen-bond acceptors (Lipinski definition) is 4. The van der Waals surface area contributed by atoms with Gasteiger partial charge in [-0.3, -0.25) is 0 Å². The summed E-state index contributed by atoms with van der Waals surface area (Å²) in [7, 11) is 1.61. The van der Waals surface area contributed by atoms with Gasteiger partial charge in [-0.05, 0) is 36.8 Å². The van der Waals surface area contributed by atoms with Crippen LogP contribution in [0.5, 0.6) is 5.75 Å². The molecule has 0 bridgehead atoms. The van der Waals surface area contributed by atoms with Crippen LogP contribution in [0.15, 0.2) is 55.1 Å². The van der Waals surface area contributed by atoms with E-state index in [1.807, 2.05) is 48.5 Å². The van der Waals surface area contributed by atoms with E-state index in [0.29, 0.717) is 11.5 Å². The first-order chi connectivity index (χ1) is 11.1. The number of hydrogen-bond donors (Lipinski definition) is 1. The Bertz CT molecular complexity index is 855. The number of para-hydroxylation sites is 1. The lowest BCUT2D eigenvalue weighted by molar-refractivity contribution is 0.0989. The maximum Gasteiger partial charge on any atom is 0.152 e. The van der Waals surface area contributed by atoms with Crippen LogP contribution in [0.4, 0.5) is 0 Å². The minimum atomic E-state index is -1.26. The molecule has 0 radical (unpaired) electrons. The topological polar surface area (TPSA) is 55.2 Å². The van der Waals surface area contributed by atoms with E-state index < -0.39 is 5.60 Å². The standard InChI is InChI=1S/C19H18N2O2/c1-4-17-20-16-8-6-5-7-15(16)18(21-17)19(2,22)13-9-11-14(23-3)12-10-13/h4-12,22H,1H2,2-3H3. The fourth-order valence-corrected chi connectivity index (χ4v) is 2.61. The zero-order valence-electron chi connectivity index (χ0n) is 13.2. The van der Waals surface area contributed by atoms with Gasteiger partial charge in [0.05, 0.1) is 18.3 Å². The summed E-state index contributed by atoms with van der Waals surface area (Å²) in [5, 5.41) is 12.0. The molecule has 0 spiro atoms. The molecule has 4 heteroatoms. The number of aliphatic hydroxyl groups is 1. The second-order valence-electron chi connectivity index (χ2n) is 5.45. The normalized spacial score (nSPS) is 13.5. The molecule has 3 rings (SSSR count). The van der Waals surface area contributed by atoms with Gasteiger partial charge < -0.3 is 9.84 Å². The van der Waals surface area contributed by atoms with Crippen molar-refractivity contribution in [3.8, 4) is 5.75 Å². The van der Waals surface area contributed by atoms with Gasteiger partial charge >= 0.3 is 0 Å². The molecule has 0 aliphatic rings. The van der Waals surface area contributed by atoms with Gasteiger partial charge in [-0.1, -0.05) is 36.9 Å². The summed E-state index contributed by atoms with van der Waals surface area (Å²) in [6.45, 7) is 5.47. The Labute approximate surface area is 135 Å². The predicted molar refractivity (Wildman–Crippen MR) is 91.3 cm³/mol. The van der Waals surface area contributed by atoms with Gasteiger partial charge in [-0.25, -0.2) is 9.97 Å². The van der Waals surface area contributed by atoms with E-state index in [-0.39, 0.29) is 0 Å². The number of rotatable bonds is 4. The van der Waals surface area contributed by atoms with Crippen molar-refractivity contribution in [2.75, 3.05) is 7.11 Å². The fraction of sp³-hybridized carbons (Fsp3) is 0.158. The zero-order valence-corrected chi connectivity index (χ0v) is 13.2. The second-order valence-corrected chi connectivity index (χ2v) is 5.45. The van der Waals surface area contributed by atoms with Crippen LogP contribution >= 0.6 is 0 Å². The summed E-state index contributed by atoms with van der Waals surface area (Å²) in [6, 6.07) is 14.9. The van der Waals surface area contributed by atoms with E-state index in [2.05, 4.69) is 16.5 Å². The summed E-state index contributed by atoms with van der Waals surface area (Å²) in [5.74, 6) is 1.23. The summed E-state index contributed by atoms with van der Waals surface area (Å²) >= 11 is 0. The van der Waals surface area contributed by atoms with Gasteiger partial charge in [0.2, 0.25) is 0 Å². The predicted octanol–water partition coefficient (Wildman–Crippen LogP) is 3.54. The third kappa shape index (κ3) is 2.69. The van der Waals surface area contributed by atoms with Crippen LogP contribution in [0.3, 0.4) is 0 Å². The summed E-state index contributed by atoms with van der Waals surface area (Å²) in [4.78, 5) is 8.93. The van der Waals surface area contributed by atoms with Crippen molar-refractivity contribution in [1.29, 1.82) is 0 Å². The lowest BCUT2D eigenvalue weighted by atomic mass is 9.90. The van der Waals surface area contributed by atoms with Crippen molar-refractivity contribution in [3.63, 3.8) is 0 Å². The van der Waals surface area contributed by atoms with Gasteiger partial charge in [0.15, 0.2) is 5.82 Å². The van der Waals surface area contributed by atoms with Crippen molar-refractivity contribution in [1.82, 2.24) is 9.97 Å². The van der Waals surface area contributed by atoms with Crippen LogP contribution in [0, 0.1) is 0 Å². The molecule has 1 heterocycles. The maximum absolute atomic E-state index is 11.2. The van der Waals surface area contributed by atoms with Crippen molar-refractivity contribution in [2.45, 2.75) is 12.5 Å². The molecule has 2 aromatic carbocycles. The minimum Gasteiger partial charge on any atom is -0.497 e. The lowest BCUT2D eigenvalue weighted by Gasteiger charge is -2.25. The molecule has 0 fully saturated rings. The van der Waals surface area contributed by atoms with E-state index in [1.54, 1.807) is 20.1 Å². The Hall–Kier alpha value is -2.72. The molecule has 116 valence electrons. The van der Waals surface area contributed by atoms with E-state index in [9.17, 15) is 5.11 Å². The Morgan fingerprint density at radius 3 is 2.43 bits per heavy atom. The maximum atomic E-state index is 11.2. The highest BCUT2D eigenvalue weighted by Crippen LogP contribution is 2.33. The molecule has 0 aliphatic heterocycles. The fourth-order valence-electron chi connectivity index (χ4n) is 2.61. The largest absolute Gasteiger partial charge is 0.497 e. The smallest absolute Gasteiger partial charge is 0.152 e. The summed E-state index contributed by atoms with van der Waals surface area (Å²) in [5.41, 5.74) is 0.813. The van der Waals surface area contributed by atoms with Gasteiger partial charge in [-0.2, -0.15) is 0 Å². The van der Waals surface area contributed by atoms with Crippen molar-refractivity contribution in [2.24, 2.45) is 0 Å². The van der Waals surface area contributed by atoms with Crippen molar-refractivity contribution >= 4 is 17.0 Å². The van der Waals surface area contributed by atoms with Gasteiger partial charge in [0.25, 0.3) is 0 Å². The van der Waals surface area contributed by atoms with Crippen LogP contribution in [-0.4, -0.2) is 22.2 Å². The molecular weight excluding hydrogens is 288 g/mol. The van der Waals surface area contributed by atoms with Gasteiger partial charge in [-0.15, -0.1) is 0 Å². The number of aromatic nitrogens is 2. The first-order valence-electron chi connectivity index (χ1n) is 7.33. The molecule has 1 N–H and O–H groups in total. The molecule has 1 atom stereocenters. The number of methoxy groups -OCH3 is 1. The summed E-state index contributed by atoms with van der Waals surface area (Å²) < 4.78 is 5.17. The third-order valence-electron chi connectivity index (χ3n) is 3.92. The Kier molecular flexibility index (Phi) is 3.84. The highest BCUT2D eigenvalue weighted by atomic mass is 16.5. The molecule has 0 saturated heterocycles. The minimum absolute atomic E-state index is 0.493. The summed E-state index contributed by atoms with van der Waals surface area (Å²) in [6.07, 6.45) is 1.58. The van der Waals surface area contributed by atoms with E-state index >= 15 is 0 Å². The average molecular weight is 306 g/mol. The van der Waals surface area contributed by atoms with Gasteiger partial charge in [0, 0.05) is 5.39 Å². The molecule has 23 heavy (non-hydrogen) atoms. The van der Waals surface area contributed by atoms with Gasteiger partial charge in [0.1, 0.15) is 11.4 Å². The van der Waals surface area contributed by atoms with E-state index in [0.717, 1.165) is 22.2 Å². The van der Waals surface area contributed by atoms with Crippen LogP contribution in [0.25, 0.3) is 17.0 Å². The Morgan fingerprint density at radius 2 is 1.78 bits per heavy atom. The zero-order chi connectivity index (χ0) is 16.4. The van der Waals surface area contributed by atoms with Crippen molar-refractivity contribution in [3.05, 3.63) is 72.2 Å². The molecular formula is C19H18N2O2. The molecule has 4 nitrogen and oxygen atoms in total. The average Bonchev–Trinajstić information content (AvgIpc) is 2.60. The highest BCUT2D eigenvalue weighted by molar-refractivity contribution is 5.82. The quantitative estimate of drug-likeness (QED) is 0.801. The second kappa shape index (κ2) is 5.82. The molecule has 1 aromatic heterocycles. The first-order valence-corrected chi connectivity index (χ1v) is 7.33. The Balaban J connectivity index is 2.21. The number of nitrogens with zero attached hydrogens (tertiary/aromatic N) is 2. The van der Waals surface area contributed by atoms with Crippen LogP contribution in [0.1, 0.15) is 24.0 Å². The SMILES string of the molecule is C=Cc1nc(C(C)(O)c2ccc(OC)cc2)c2ccccc2n1. The van der Waals surface area contributed by atoms with Crippen LogP contribution in [-0.2, 0) is 5.60 Å². The monoisotopic (exact) mass is 306 g/mol. The molecule has 0 saturated carbocycles. The molecule has 0 amide bonds. The lowest BCUT2D eigenvalue weighted by Crippen LogP contribution is -2.25. The number of fused-ring (bicyclic) bond motifs is 1. The third-order valence-corrected chi connectivity index (χ3v) is 3.92. The Morgan fingerprint density at radius 1 is 1.09 bits per heavy atom. The first kappa shape index (κ1) is 15.2. The molecule has 0 aliphatic carbocycles. The van der Waals surface area contributed by atoms with E-state index in [1.165, 1.54) is 0 Å².